The van der Waals surface area contributed by atoms with Gasteiger partial charge in [-0.15, -0.1) is 10.2 Å². The van der Waals surface area contributed by atoms with Gasteiger partial charge in [-0.1, -0.05) is 29.7 Å². The van der Waals surface area contributed by atoms with Crippen molar-refractivity contribution < 1.29 is 9.18 Å². The van der Waals surface area contributed by atoms with Crippen molar-refractivity contribution in [2.24, 2.45) is 0 Å². The third-order valence-electron chi connectivity index (χ3n) is 3.42. The fraction of sp³-hybridized carbons (Fsp3) is 0.0526. The maximum Gasteiger partial charge on any atom is 0.229 e. The van der Waals surface area contributed by atoms with Gasteiger partial charge in [0, 0.05) is 17.8 Å². The molecular formula is C19H13ClFN5O. The lowest BCUT2D eigenvalue weighted by molar-refractivity contribution is -0.115. The number of aromatic nitrogens is 3. The van der Waals surface area contributed by atoms with Crippen LogP contribution in [0.1, 0.15) is 16.8 Å². The van der Waals surface area contributed by atoms with Gasteiger partial charge in [0.1, 0.15) is 11.6 Å². The number of hydrogen-bond donors (Lipinski definition) is 2. The predicted molar refractivity (Wildman–Crippen MR) is 100 cm³/mol. The van der Waals surface area contributed by atoms with Crippen LogP contribution in [0.25, 0.3) is 0 Å². The molecule has 3 N–H and O–H groups in total. The van der Waals surface area contributed by atoms with Crippen molar-refractivity contribution in [2.75, 3.05) is 11.1 Å². The molecule has 0 saturated carbocycles. The number of rotatable bonds is 3. The molecule has 0 radical (unpaired) electrons. The Labute approximate surface area is 159 Å². The summed E-state index contributed by atoms with van der Waals surface area (Å²) in [5.41, 5.74) is 7.71. The smallest absolute Gasteiger partial charge is 0.229 e. The number of nitrogen functional groups attached to an aromatic ring is 1. The van der Waals surface area contributed by atoms with Gasteiger partial charge in [0.2, 0.25) is 5.91 Å². The summed E-state index contributed by atoms with van der Waals surface area (Å²) >= 11 is 5.70. The summed E-state index contributed by atoms with van der Waals surface area (Å²) in [6.07, 6.45) is 1.63. The first kappa shape index (κ1) is 18.3. The molecule has 27 heavy (non-hydrogen) atoms. The van der Waals surface area contributed by atoms with Crippen LogP contribution in [0.3, 0.4) is 0 Å². The molecule has 2 heterocycles. The van der Waals surface area contributed by atoms with E-state index < -0.39 is 0 Å². The van der Waals surface area contributed by atoms with Crippen LogP contribution in [-0.4, -0.2) is 21.1 Å². The number of nitrogens with zero attached hydrogens (tertiary/aromatic N) is 3. The number of halogens is 2. The lowest BCUT2D eigenvalue weighted by Crippen LogP contribution is -2.15. The third kappa shape index (κ3) is 5.23. The average molecular weight is 382 g/mol. The van der Waals surface area contributed by atoms with Crippen LogP contribution < -0.4 is 11.1 Å². The number of pyridine rings is 1. The highest BCUT2D eigenvalue weighted by atomic mass is 35.5. The molecule has 0 unspecified atom stereocenters. The highest BCUT2D eigenvalue weighted by Gasteiger charge is 2.06. The number of anilines is 2. The number of hydrogen-bond acceptors (Lipinski definition) is 5. The lowest BCUT2D eigenvalue weighted by Gasteiger charge is -2.05. The van der Waals surface area contributed by atoms with E-state index in [4.69, 9.17) is 17.3 Å². The fourth-order valence-electron chi connectivity index (χ4n) is 2.16. The van der Waals surface area contributed by atoms with Crippen molar-refractivity contribution in [3.05, 3.63) is 76.5 Å². The molecule has 8 heteroatoms. The quantitative estimate of drug-likeness (QED) is 0.680. The molecule has 3 aromatic rings. The monoisotopic (exact) mass is 381 g/mol. The van der Waals surface area contributed by atoms with E-state index in [1.54, 1.807) is 24.3 Å². The number of carbonyl (C=O) groups is 1. The summed E-state index contributed by atoms with van der Waals surface area (Å²) in [5, 5.41) is 10.4. The van der Waals surface area contributed by atoms with Gasteiger partial charge in [0.05, 0.1) is 12.1 Å². The van der Waals surface area contributed by atoms with Crippen molar-refractivity contribution >= 4 is 29.0 Å². The molecule has 0 atom stereocenters. The summed E-state index contributed by atoms with van der Waals surface area (Å²) in [5.74, 6) is 5.41. The molecule has 2 aromatic heterocycles. The minimum Gasteiger partial charge on any atom is -0.396 e. The molecule has 1 aromatic carbocycles. The lowest BCUT2D eigenvalue weighted by atomic mass is 10.1. The molecule has 1 amide bonds. The molecule has 0 aliphatic heterocycles. The Morgan fingerprint density at radius 1 is 1.15 bits per heavy atom. The van der Waals surface area contributed by atoms with Gasteiger partial charge in [-0.25, -0.2) is 9.37 Å². The first-order chi connectivity index (χ1) is 13.0. The molecule has 3 rings (SSSR count). The highest BCUT2D eigenvalue weighted by molar-refractivity contribution is 6.29. The predicted octanol–water partition coefficient (Wildman–Crippen LogP) is 2.83. The Bertz CT molecular complexity index is 1040. The van der Waals surface area contributed by atoms with Crippen molar-refractivity contribution in [3.8, 4) is 11.8 Å². The molecular weight excluding hydrogens is 369 g/mol. The van der Waals surface area contributed by atoms with E-state index in [2.05, 4.69) is 32.3 Å². The van der Waals surface area contributed by atoms with E-state index in [9.17, 15) is 9.18 Å². The highest BCUT2D eigenvalue weighted by Crippen LogP contribution is 2.12. The van der Waals surface area contributed by atoms with E-state index in [0.29, 0.717) is 28.3 Å². The van der Waals surface area contributed by atoms with Crippen molar-refractivity contribution in [2.45, 2.75) is 6.42 Å². The summed E-state index contributed by atoms with van der Waals surface area (Å²) in [4.78, 5) is 16.2. The SMILES string of the molecule is Nc1cc(Cl)nnc1C#Cc1ccnc(NC(=O)Cc2ccc(F)cc2)c1. The van der Waals surface area contributed by atoms with E-state index in [-0.39, 0.29) is 23.3 Å². The Balaban J connectivity index is 1.69. The van der Waals surface area contributed by atoms with Crippen LogP contribution in [-0.2, 0) is 11.2 Å². The van der Waals surface area contributed by atoms with Gasteiger partial charge in [-0.05, 0) is 35.7 Å². The topological polar surface area (TPSA) is 93.8 Å². The zero-order valence-electron chi connectivity index (χ0n) is 13.9. The van der Waals surface area contributed by atoms with Crippen LogP contribution in [0.5, 0.6) is 0 Å². The van der Waals surface area contributed by atoms with E-state index >= 15 is 0 Å². The second-order valence-electron chi connectivity index (χ2n) is 5.50. The van der Waals surface area contributed by atoms with E-state index in [0.717, 1.165) is 0 Å². The van der Waals surface area contributed by atoms with Crippen LogP contribution in [0, 0.1) is 17.7 Å². The summed E-state index contributed by atoms with van der Waals surface area (Å²) in [7, 11) is 0. The van der Waals surface area contributed by atoms with Gasteiger partial charge in [-0.3, -0.25) is 4.79 Å². The average Bonchev–Trinajstić information content (AvgIpc) is 2.63. The van der Waals surface area contributed by atoms with Crippen LogP contribution in [0.2, 0.25) is 5.15 Å². The maximum atomic E-state index is 12.9. The van der Waals surface area contributed by atoms with Gasteiger partial charge in [-0.2, -0.15) is 0 Å². The Morgan fingerprint density at radius 3 is 2.67 bits per heavy atom. The molecule has 0 saturated heterocycles. The zero-order chi connectivity index (χ0) is 19.2. The minimum absolute atomic E-state index is 0.106. The van der Waals surface area contributed by atoms with Crippen LogP contribution in [0.15, 0.2) is 48.7 Å². The summed E-state index contributed by atoms with van der Waals surface area (Å²) < 4.78 is 12.9. The molecule has 0 aliphatic rings. The van der Waals surface area contributed by atoms with Crippen molar-refractivity contribution in [1.29, 1.82) is 0 Å². The molecule has 134 valence electrons. The summed E-state index contributed by atoms with van der Waals surface area (Å²) in [6.45, 7) is 0. The first-order valence-electron chi connectivity index (χ1n) is 7.80. The van der Waals surface area contributed by atoms with Crippen molar-refractivity contribution in [1.82, 2.24) is 15.2 Å². The Kier molecular flexibility index (Phi) is 5.59. The maximum absolute atomic E-state index is 12.9. The molecule has 0 spiro atoms. The van der Waals surface area contributed by atoms with Gasteiger partial charge >= 0.3 is 0 Å². The Morgan fingerprint density at radius 2 is 1.93 bits per heavy atom. The standard InChI is InChI=1S/C19H13ClFN5O/c20-17-11-15(22)16(25-26-17)6-3-13-7-8-23-18(9-13)24-19(27)10-12-1-4-14(21)5-2-12/h1-2,4-5,7-9,11H,10H2,(H2,22,26)(H,23,24,27). The van der Waals surface area contributed by atoms with Gasteiger partial charge in [0.15, 0.2) is 10.8 Å². The number of nitrogens with two attached hydrogens (primary N) is 1. The van der Waals surface area contributed by atoms with E-state index in [1.165, 1.54) is 24.4 Å². The first-order valence-corrected chi connectivity index (χ1v) is 8.18. The third-order valence-corrected chi connectivity index (χ3v) is 3.61. The second-order valence-corrected chi connectivity index (χ2v) is 5.89. The largest absolute Gasteiger partial charge is 0.396 e. The summed E-state index contributed by atoms with van der Waals surface area (Å²) in [6, 6.07) is 10.5. The van der Waals surface area contributed by atoms with Gasteiger partial charge < -0.3 is 11.1 Å². The van der Waals surface area contributed by atoms with E-state index in [1.807, 2.05) is 0 Å². The van der Waals surface area contributed by atoms with Crippen LogP contribution in [0.4, 0.5) is 15.9 Å². The zero-order valence-corrected chi connectivity index (χ0v) is 14.7. The van der Waals surface area contributed by atoms with Gasteiger partial charge in [0.25, 0.3) is 0 Å². The molecule has 0 fully saturated rings. The number of benzene rings is 1. The van der Waals surface area contributed by atoms with Crippen LogP contribution >= 0.6 is 11.6 Å². The number of carbonyl (C=O) groups excluding carboxylic acids is 1. The molecule has 6 nitrogen and oxygen atoms in total. The van der Waals surface area contributed by atoms with Crippen molar-refractivity contribution in [3.63, 3.8) is 0 Å². The molecule has 0 bridgehead atoms. The Hall–Kier alpha value is -3.50. The second kappa shape index (κ2) is 8.25. The molecule has 0 aliphatic carbocycles. The minimum atomic E-state index is -0.349. The number of nitrogens with one attached hydrogen (secondary N) is 1. The normalized spacial score (nSPS) is 10.0. The fourth-order valence-corrected chi connectivity index (χ4v) is 2.32. The number of amides is 1.